The number of aryl methyl sites for hydroxylation is 3. The number of aromatic nitrogens is 3. The summed E-state index contributed by atoms with van der Waals surface area (Å²) in [6, 6.07) is 7.92. The van der Waals surface area contributed by atoms with E-state index in [9.17, 15) is 4.79 Å². The van der Waals surface area contributed by atoms with E-state index in [4.69, 9.17) is 9.15 Å². The number of ether oxygens (including phenoxy) is 1. The summed E-state index contributed by atoms with van der Waals surface area (Å²) >= 11 is 1.38. The summed E-state index contributed by atoms with van der Waals surface area (Å²) in [5.74, 6) is 1.72. The van der Waals surface area contributed by atoms with Crippen LogP contribution in [0.1, 0.15) is 29.7 Å². The molecule has 4 rings (SSSR count). The molecule has 1 N–H and O–H groups in total. The Bertz CT molecular complexity index is 1040. The van der Waals surface area contributed by atoms with Gasteiger partial charge < -0.3 is 14.5 Å². The zero-order chi connectivity index (χ0) is 21.1. The van der Waals surface area contributed by atoms with E-state index in [2.05, 4.69) is 15.5 Å². The molecule has 7 nitrogen and oxygen atoms in total. The predicted octanol–water partition coefficient (Wildman–Crippen LogP) is 4.37. The van der Waals surface area contributed by atoms with Gasteiger partial charge in [0.15, 0.2) is 11.0 Å². The highest BCUT2D eigenvalue weighted by Gasteiger charge is 2.23. The summed E-state index contributed by atoms with van der Waals surface area (Å²) in [4.78, 5) is 12.6. The number of rotatable bonds is 7. The average Bonchev–Trinajstić information content (AvgIpc) is 3.45. The van der Waals surface area contributed by atoms with E-state index in [1.54, 1.807) is 6.26 Å². The molecule has 158 valence electrons. The normalized spacial score (nSPS) is 16.2. The number of hydrogen-bond donors (Lipinski definition) is 1. The van der Waals surface area contributed by atoms with Crippen molar-refractivity contribution in [2.45, 2.75) is 51.4 Å². The van der Waals surface area contributed by atoms with E-state index < -0.39 is 0 Å². The molecule has 0 aliphatic carbocycles. The van der Waals surface area contributed by atoms with Crippen LogP contribution < -0.4 is 5.32 Å². The van der Waals surface area contributed by atoms with Gasteiger partial charge in [-0.25, -0.2) is 0 Å². The lowest BCUT2D eigenvalue weighted by Gasteiger charge is -2.14. The molecule has 0 unspecified atom stereocenters. The van der Waals surface area contributed by atoms with Crippen molar-refractivity contribution in [3.63, 3.8) is 0 Å². The lowest BCUT2D eigenvalue weighted by Crippen LogP contribution is -2.18. The second-order valence-corrected chi connectivity index (χ2v) is 8.54. The summed E-state index contributed by atoms with van der Waals surface area (Å²) in [6.07, 6.45) is 3.86. The van der Waals surface area contributed by atoms with Gasteiger partial charge in [0, 0.05) is 12.3 Å². The Morgan fingerprint density at radius 2 is 2.13 bits per heavy atom. The third-order valence-corrected chi connectivity index (χ3v) is 6.19. The van der Waals surface area contributed by atoms with E-state index in [0.717, 1.165) is 53.4 Å². The molecule has 1 atom stereocenters. The second kappa shape index (κ2) is 9.06. The first-order chi connectivity index (χ1) is 14.5. The molecule has 1 saturated heterocycles. The highest BCUT2D eigenvalue weighted by atomic mass is 32.2. The summed E-state index contributed by atoms with van der Waals surface area (Å²) in [5, 5.41) is 12.5. The number of carbonyl (C=O) groups excluding carboxylic acids is 1. The molecule has 3 heterocycles. The van der Waals surface area contributed by atoms with Crippen LogP contribution in [-0.4, -0.2) is 39.1 Å². The highest BCUT2D eigenvalue weighted by molar-refractivity contribution is 7.99. The molecule has 1 aliphatic heterocycles. The molecule has 0 radical (unpaired) electrons. The Balaban J connectivity index is 1.50. The molecule has 1 fully saturated rings. The van der Waals surface area contributed by atoms with Crippen LogP contribution in [0.4, 0.5) is 5.69 Å². The van der Waals surface area contributed by atoms with Crippen LogP contribution in [0.3, 0.4) is 0 Å². The summed E-state index contributed by atoms with van der Waals surface area (Å²) in [7, 11) is 0. The molecule has 8 heteroatoms. The zero-order valence-electron chi connectivity index (χ0n) is 17.5. The third kappa shape index (κ3) is 4.60. The van der Waals surface area contributed by atoms with Crippen LogP contribution in [0.25, 0.3) is 11.4 Å². The van der Waals surface area contributed by atoms with E-state index in [1.165, 1.54) is 11.8 Å². The lowest BCUT2D eigenvalue weighted by molar-refractivity contribution is -0.113. The van der Waals surface area contributed by atoms with Gasteiger partial charge in [-0.05, 0) is 56.9 Å². The van der Waals surface area contributed by atoms with Crippen molar-refractivity contribution in [3.8, 4) is 11.4 Å². The maximum atomic E-state index is 12.6. The Labute approximate surface area is 180 Å². The first kappa shape index (κ1) is 20.7. The van der Waals surface area contributed by atoms with E-state index in [1.807, 2.05) is 49.6 Å². The summed E-state index contributed by atoms with van der Waals surface area (Å²) < 4.78 is 13.3. The Morgan fingerprint density at radius 1 is 1.27 bits per heavy atom. The van der Waals surface area contributed by atoms with E-state index in [0.29, 0.717) is 11.7 Å². The number of nitrogens with one attached hydrogen (secondary N) is 1. The third-order valence-electron chi connectivity index (χ3n) is 5.23. The standard InChI is InChI=1S/C22H26N4O3S/c1-14-6-7-15(2)19(11-14)23-20(27)13-30-22-25-24-21(18-8-10-28-16(18)3)26(22)12-17-5-4-9-29-17/h6-8,10-11,17H,4-5,9,12-13H2,1-3H3,(H,23,27)/t17-/m1/s1. The van der Waals surface area contributed by atoms with Crippen molar-refractivity contribution in [2.24, 2.45) is 0 Å². The van der Waals surface area contributed by atoms with Crippen LogP contribution in [0.5, 0.6) is 0 Å². The van der Waals surface area contributed by atoms with Gasteiger partial charge in [0.2, 0.25) is 5.91 Å². The van der Waals surface area contributed by atoms with Crippen molar-refractivity contribution in [1.29, 1.82) is 0 Å². The lowest BCUT2D eigenvalue weighted by atomic mass is 10.1. The van der Waals surface area contributed by atoms with Crippen molar-refractivity contribution < 1.29 is 13.9 Å². The molecule has 1 aliphatic rings. The minimum atomic E-state index is -0.0681. The predicted molar refractivity (Wildman–Crippen MR) is 117 cm³/mol. The first-order valence-corrected chi connectivity index (χ1v) is 11.1. The van der Waals surface area contributed by atoms with Gasteiger partial charge in [0.05, 0.1) is 30.2 Å². The Morgan fingerprint density at radius 3 is 2.87 bits per heavy atom. The maximum Gasteiger partial charge on any atom is 0.234 e. The molecule has 0 bridgehead atoms. The van der Waals surface area contributed by atoms with E-state index in [-0.39, 0.29) is 17.8 Å². The fourth-order valence-electron chi connectivity index (χ4n) is 3.56. The largest absolute Gasteiger partial charge is 0.469 e. The van der Waals surface area contributed by atoms with Crippen molar-refractivity contribution in [1.82, 2.24) is 14.8 Å². The first-order valence-electron chi connectivity index (χ1n) is 10.1. The fourth-order valence-corrected chi connectivity index (χ4v) is 4.30. The van der Waals surface area contributed by atoms with Crippen LogP contribution >= 0.6 is 11.8 Å². The number of carbonyl (C=O) groups is 1. The molecule has 1 aromatic carbocycles. The highest BCUT2D eigenvalue weighted by Crippen LogP contribution is 2.29. The molecule has 0 spiro atoms. The van der Waals surface area contributed by atoms with Crippen LogP contribution in [0.15, 0.2) is 40.1 Å². The Kier molecular flexibility index (Phi) is 6.24. The SMILES string of the molecule is Cc1ccc(C)c(NC(=O)CSc2nnc(-c3ccoc3C)n2C[C@H]2CCCO2)c1. The molecular formula is C22H26N4O3S. The smallest absolute Gasteiger partial charge is 0.234 e. The molecular weight excluding hydrogens is 400 g/mol. The number of nitrogens with zero attached hydrogens (tertiary/aromatic N) is 3. The summed E-state index contributed by atoms with van der Waals surface area (Å²) in [6.45, 7) is 7.35. The molecule has 0 saturated carbocycles. The fraction of sp³-hybridized carbons (Fsp3) is 0.409. The topological polar surface area (TPSA) is 82.2 Å². The number of thioether (sulfide) groups is 1. The number of furan rings is 1. The van der Waals surface area contributed by atoms with Gasteiger partial charge in [-0.1, -0.05) is 23.9 Å². The Hall–Kier alpha value is -2.58. The molecule has 1 amide bonds. The van der Waals surface area contributed by atoms with Crippen molar-refractivity contribution >= 4 is 23.4 Å². The average molecular weight is 427 g/mol. The number of amides is 1. The van der Waals surface area contributed by atoms with Crippen molar-refractivity contribution in [3.05, 3.63) is 47.4 Å². The molecule has 30 heavy (non-hydrogen) atoms. The van der Waals surface area contributed by atoms with Gasteiger partial charge >= 0.3 is 0 Å². The molecule has 2 aromatic heterocycles. The maximum absolute atomic E-state index is 12.6. The van der Waals surface area contributed by atoms with Crippen LogP contribution in [0, 0.1) is 20.8 Å². The summed E-state index contributed by atoms with van der Waals surface area (Å²) in [5.41, 5.74) is 3.90. The van der Waals surface area contributed by atoms with Gasteiger partial charge in [-0.3, -0.25) is 9.36 Å². The van der Waals surface area contributed by atoms with Gasteiger partial charge in [-0.2, -0.15) is 0 Å². The van der Waals surface area contributed by atoms with Gasteiger partial charge in [0.1, 0.15) is 5.76 Å². The zero-order valence-corrected chi connectivity index (χ0v) is 18.3. The van der Waals surface area contributed by atoms with E-state index >= 15 is 0 Å². The number of benzene rings is 1. The molecule has 3 aromatic rings. The van der Waals surface area contributed by atoms with Crippen LogP contribution in [0.2, 0.25) is 0 Å². The number of anilines is 1. The monoisotopic (exact) mass is 426 g/mol. The van der Waals surface area contributed by atoms with Gasteiger partial charge in [0.25, 0.3) is 0 Å². The second-order valence-electron chi connectivity index (χ2n) is 7.60. The quantitative estimate of drug-likeness (QED) is 0.565. The minimum Gasteiger partial charge on any atom is -0.469 e. The van der Waals surface area contributed by atoms with Crippen molar-refractivity contribution in [2.75, 3.05) is 17.7 Å². The minimum absolute atomic E-state index is 0.0681. The van der Waals surface area contributed by atoms with Gasteiger partial charge in [-0.15, -0.1) is 10.2 Å². The van der Waals surface area contributed by atoms with Crippen LogP contribution in [-0.2, 0) is 16.1 Å². The number of hydrogen-bond acceptors (Lipinski definition) is 6.